The molecule has 0 radical (unpaired) electrons. The fourth-order valence-corrected chi connectivity index (χ4v) is 1.30. The van der Waals surface area contributed by atoms with Crippen LogP contribution in [0.5, 0.6) is 0 Å². The first-order valence-corrected chi connectivity index (χ1v) is 6.49. The number of hydrogen-bond acceptors (Lipinski definition) is 8. The number of hydrogen-bond donors (Lipinski definition) is 1. The molecule has 116 valence electrons. The molecule has 1 aliphatic heterocycles. The molecule has 0 saturated carbocycles. The van der Waals surface area contributed by atoms with Crippen LogP contribution in [0.3, 0.4) is 0 Å². The number of rotatable bonds is 5. The predicted octanol–water partition coefficient (Wildman–Crippen LogP) is -1.07. The second-order valence-corrected chi connectivity index (χ2v) is 4.90. The van der Waals surface area contributed by atoms with Crippen LogP contribution in [0.1, 0.15) is 0 Å². The maximum Gasteiger partial charge on any atom is 0.465 e. The molecule has 1 aliphatic rings. The van der Waals surface area contributed by atoms with Crippen molar-refractivity contribution in [3.63, 3.8) is 0 Å². The third-order valence-electron chi connectivity index (χ3n) is 1.93. The summed E-state index contributed by atoms with van der Waals surface area (Å²) in [4.78, 5) is 21.8. The summed E-state index contributed by atoms with van der Waals surface area (Å²) < 4.78 is 72.0. The fourth-order valence-electron chi connectivity index (χ4n) is 1.03. The van der Waals surface area contributed by atoms with E-state index in [1.54, 1.807) is 0 Å². The molecule has 20 heavy (non-hydrogen) atoms. The number of carbonyl (C=O) groups excluding carboxylic acids is 2. The molecule has 1 heterocycles. The van der Waals surface area contributed by atoms with Gasteiger partial charge in [0.15, 0.2) is 6.61 Å². The van der Waals surface area contributed by atoms with Gasteiger partial charge in [-0.05, 0) is 0 Å². The van der Waals surface area contributed by atoms with Gasteiger partial charge in [0.05, 0.1) is 13.2 Å². The van der Waals surface area contributed by atoms with Crippen molar-refractivity contribution < 1.29 is 50.3 Å². The van der Waals surface area contributed by atoms with E-state index in [4.69, 9.17) is 14.0 Å². The van der Waals surface area contributed by atoms with E-state index in [1.807, 2.05) is 0 Å². The second-order valence-electron chi connectivity index (χ2n) is 3.43. The molecule has 1 fully saturated rings. The Morgan fingerprint density at radius 3 is 2.50 bits per heavy atom. The highest BCUT2D eigenvalue weighted by atomic mass is 32.2. The molecule has 1 atom stereocenters. The molecule has 1 unspecified atom stereocenters. The number of ether oxygens (including phenoxy) is 4. The summed E-state index contributed by atoms with van der Waals surface area (Å²) in [5.41, 5.74) is 0. The quantitative estimate of drug-likeness (QED) is 0.497. The Balaban J connectivity index is 2.42. The Kier molecular flexibility index (Phi) is 5.33. The number of halogens is 2. The summed E-state index contributed by atoms with van der Waals surface area (Å²) in [7, 11) is -5.98. The Morgan fingerprint density at radius 2 is 2.00 bits per heavy atom. The average Bonchev–Trinajstić information content (AvgIpc) is 2.35. The van der Waals surface area contributed by atoms with Gasteiger partial charge in [-0.3, -0.25) is 4.55 Å². The van der Waals surface area contributed by atoms with Crippen LogP contribution in [0.2, 0.25) is 0 Å². The van der Waals surface area contributed by atoms with E-state index in [9.17, 15) is 26.8 Å². The van der Waals surface area contributed by atoms with Crippen molar-refractivity contribution in [1.82, 2.24) is 0 Å². The first-order chi connectivity index (χ1) is 9.14. The van der Waals surface area contributed by atoms with Crippen LogP contribution in [0.25, 0.3) is 0 Å². The standard InChI is InChI=1S/C8H10F2O9S/c9-8(10,20(13,14)15)7(12)18-3-5(11)19-6-4-16-1-2-17-6/h6H,1-4H2,(H,13,14,15). The summed E-state index contributed by atoms with van der Waals surface area (Å²) in [6.45, 7) is -0.910. The molecule has 0 bridgehead atoms. The monoisotopic (exact) mass is 320 g/mol. The van der Waals surface area contributed by atoms with E-state index in [0.717, 1.165) is 0 Å². The highest BCUT2D eigenvalue weighted by molar-refractivity contribution is 7.87. The molecule has 0 aromatic rings. The van der Waals surface area contributed by atoms with Crippen molar-refractivity contribution >= 4 is 22.1 Å². The lowest BCUT2D eigenvalue weighted by Gasteiger charge is -2.22. The lowest BCUT2D eigenvalue weighted by molar-refractivity contribution is -0.217. The van der Waals surface area contributed by atoms with Crippen molar-refractivity contribution in [2.75, 3.05) is 26.4 Å². The number of alkyl halides is 2. The van der Waals surface area contributed by atoms with Crippen LogP contribution < -0.4 is 0 Å². The van der Waals surface area contributed by atoms with E-state index in [1.165, 1.54) is 0 Å². The Hall–Kier alpha value is -1.37. The van der Waals surface area contributed by atoms with E-state index >= 15 is 0 Å². The zero-order valence-electron chi connectivity index (χ0n) is 9.78. The molecular weight excluding hydrogens is 310 g/mol. The molecule has 0 amide bonds. The topological polar surface area (TPSA) is 125 Å². The van der Waals surface area contributed by atoms with Gasteiger partial charge >= 0.3 is 27.3 Å². The van der Waals surface area contributed by atoms with Crippen molar-refractivity contribution in [2.45, 2.75) is 11.5 Å². The molecule has 1 N–H and O–H groups in total. The lowest BCUT2D eigenvalue weighted by atomic mass is 10.6. The van der Waals surface area contributed by atoms with Crippen LogP contribution in [0.15, 0.2) is 0 Å². The fraction of sp³-hybridized carbons (Fsp3) is 0.750. The first-order valence-electron chi connectivity index (χ1n) is 5.05. The lowest BCUT2D eigenvalue weighted by Crippen LogP contribution is -2.40. The summed E-state index contributed by atoms with van der Waals surface area (Å²) in [5, 5.41) is -5.17. The molecule has 9 nitrogen and oxygen atoms in total. The van der Waals surface area contributed by atoms with Crippen LogP contribution in [-0.2, 0) is 38.7 Å². The third-order valence-corrected chi connectivity index (χ3v) is 2.75. The van der Waals surface area contributed by atoms with Gasteiger partial charge in [-0.25, -0.2) is 9.59 Å². The van der Waals surface area contributed by atoms with Crippen molar-refractivity contribution in [2.24, 2.45) is 0 Å². The number of carbonyl (C=O) groups is 2. The van der Waals surface area contributed by atoms with Crippen LogP contribution >= 0.6 is 0 Å². The van der Waals surface area contributed by atoms with Gasteiger partial charge in [0.1, 0.15) is 6.61 Å². The van der Waals surface area contributed by atoms with Crippen molar-refractivity contribution in [3.8, 4) is 0 Å². The van der Waals surface area contributed by atoms with Gasteiger partial charge in [-0.1, -0.05) is 0 Å². The highest BCUT2D eigenvalue weighted by Gasteiger charge is 2.54. The van der Waals surface area contributed by atoms with Gasteiger partial charge in [-0.15, -0.1) is 0 Å². The molecule has 0 aromatic carbocycles. The zero-order chi connectivity index (χ0) is 15.4. The van der Waals surface area contributed by atoms with Crippen LogP contribution in [-0.4, -0.2) is 62.9 Å². The van der Waals surface area contributed by atoms with Crippen LogP contribution in [0, 0.1) is 0 Å². The molecule has 0 aliphatic carbocycles. The third kappa shape index (κ3) is 4.33. The Morgan fingerprint density at radius 1 is 1.35 bits per heavy atom. The first kappa shape index (κ1) is 16.7. The van der Waals surface area contributed by atoms with Gasteiger partial charge in [0.2, 0.25) is 6.29 Å². The minimum Gasteiger partial charge on any atom is -0.448 e. The SMILES string of the molecule is O=C(COC(=O)C(F)(F)S(=O)(=O)O)OC1COCCO1. The minimum absolute atomic E-state index is 0.0825. The Labute approximate surface area is 111 Å². The summed E-state index contributed by atoms with van der Waals surface area (Å²) in [5.74, 6) is -3.85. The summed E-state index contributed by atoms with van der Waals surface area (Å²) >= 11 is 0. The van der Waals surface area contributed by atoms with Gasteiger partial charge in [0.25, 0.3) is 0 Å². The van der Waals surface area contributed by atoms with Gasteiger partial charge in [-0.2, -0.15) is 17.2 Å². The number of esters is 2. The van der Waals surface area contributed by atoms with Crippen LogP contribution in [0.4, 0.5) is 8.78 Å². The molecule has 12 heteroatoms. The van der Waals surface area contributed by atoms with Gasteiger partial charge < -0.3 is 18.9 Å². The smallest absolute Gasteiger partial charge is 0.448 e. The van der Waals surface area contributed by atoms with Crippen molar-refractivity contribution in [1.29, 1.82) is 0 Å². The second kappa shape index (κ2) is 6.39. The molecule has 1 rings (SSSR count). The molecular formula is C8H10F2O9S. The predicted molar refractivity (Wildman–Crippen MR) is 54.1 cm³/mol. The maximum atomic E-state index is 12.7. The van der Waals surface area contributed by atoms with E-state index in [-0.39, 0.29) is 13.2 Å². The zero-order valence-corrected chi connectivity index (χ0v) is 10.6. The molecule has 1 saturated heterocycles. The highest BCUT2D eigenvalue weighted by Crippen LogP contribution is 2.22. The average molecular weight is 320 g/mol. The van der Waals surface area contributed by atoms with E-state index < -0.39 is 40.2 Å². The molecule has 0 aromatic heterocycles. The van der Waals surface area contributed by atoms with E-state index in [0.29, 0.717) is 6.61 Å². The van der Waals surface area contributed by atoms with E-state index in [2.05, 4.69) is 9.47 Å². The Bertz CT molecular complexity index is 468. The van der Waals surface area contributed by atoms with Crippen molar-refractivity contribution in [3.05, 3.63) is 0 Å². The van der Waals surface area contributed by atoms with Gasteiger partial charge in [0, 0.05) is 0 Å². The minimum atomic E-state index is -5.98. The normalized spacial score (nSPS) is 20.2. The maximum absolute atomic E-state index is 12.7. The summed E-state index contributed by atoms with van der Waals surface area (Å²) in [6, 6.07) is 0. The largest absolute Gasteiger partial charge is 0.465 e. The summed E-state index contributed by atoms with van der Waals surface area (Å²) in [6.07, 6.45) is -1.07. The molecule has 0 spiro atoms.